The van der Waals surface area contributed by atoms with E-state index in [0.717, 1.165) is 25.0 Å². The molecule has 0 saturated carbocycles. The number of benzene rings is 1. The smallest absolute Gasteiger partial charge is 0.262 e. The quantitative estimate of drug-likeness (QED) is 0.782. The fourth-order valence-corrected chi connectivity index (χ4v) is 2.61. The number of allylic oxidation sites excluding steroid dienone is 1. The van der Waals surface area contributed by atoms with Crippen molar-refractivity contribution >= 4 is 5.91 Å². The number of carbonyl (C=O) groups is 1. The molecular formula is C19H23N3O4. The Hall–Kier alpha value is -2.67. The number of hydrogen-bond donors (Lipinski definition) is 1. The molecule has 26 heavy (non-hydrogen) atoms. The summed E-state index contributed by atoms with van der Waals surface area (Å²) in [5, 5.41) is 10.8. The lowest BCUT2D eigenvalue weighted by molar-refractivity contribution is -0.122. The summed E-state index contributed by atoms with van der Waals surface area (Å²) in [6, 6.07) is 7.53. The van der Waals surface area contributed by atoms with Gasteiger partial charge in [0.2, 0.25) is 11.8 Å². The lowest BCUT2D eigenvalue weighted by Crippen LogP contribution is -2.28. The van der Waals surface area contributed by atoms with Crippen LogP contribution in [-0.4, -0.2) is 29.3 Å². The molecule has 0 aliphatic carbocycles. The van der Waals surface area contributed by atoms with Crippen molar-refractivity contribution in [3.8, 4) is 5.75 Å². The maximum atomic E-state index is 11.9. The van der Waals surface area contributed by atoms with Gasteiger partial charge in [-0.3, -0.25) is 4.79 Å². The van der Waals surface area contributed by atoms with Gasteiger partial charge in [0.05, 0.1) is 0 Å². The Morgan fingerprint density at radius 1 is 1.35 bits per heavy atom. The summed E-state index contributed by atoms with van der Waals surface area (Å²) in [7, 11) is 0. The van der Waals surface area contributed by atoms with Gasteiger partial charge in [-0.2, -0.15) is 0 Å². The molecule has 0 radical (unpaired) electrons. The first-order valence-corrected chi connectivity index (χ1v) is 8.71. The van der Waals surface area contributed by atoms with Crippen LogP contribution < -0.4 is 10.1 Å². The molecule has 7 nitrogen and oxygen atoms in total. The molecule has 1 aliphatic rings. The molecule has 1 N–H and O–H groups in total. The van der Waals surface area contributed by atoms with E-state index in [4.69, 9.17) is 13.9 Å². The molecule has 1 unspecified atom stereocenters. The lowest BCUT2D eigenvalue weighted by Gasteiger charge is -2.09. The molecule has 1 aromatic carbocycles. The van der Waals surface area contributed by atoms with Gasteiger partial charge in [0.25, 0.3) is 5.91 Å². The standard InChI is InChI=1S/C19H23N3O4/c1-13-5-8-15(9-6-13)25-12-17(23)20-14(2)7-10-18-21-22-19(26-18)16-4-3-11-24-16/h5-6,8-9,16H,2-4,7,10-12H2,1H3,(H,20,23). The molecule has 0 bridgehead atoms. The Bertz CT molecular complexity index is 748. The second kappa shape index (κ2) is 8.62. The second-order valence-electron chi connectivity index (χ2n) is 6.29. The van der Waals surface area contributed by atoms with Crippen LogP contribution in [0.5, 0.6) is 5.75 Å². The largest absolute Gasteiger partial charge is 0.484 e. The van der Waals surface area contributed by atoms with Crippen molar-refractivity contribution < 1.29 is 18.7 Å². The van der Waals surface area contributed by atoms with Crippen LogP contribution in [0.15, 0.2) is 41.0 Å². The van der Waals surface area contributed by atoms with Crippen molar-refractivity contribution in [2.45, 2.75) is 38.7 Å². The summed E-state index contributed by atoms with van der Waals surface area (Å²) in [5.41, 5.74) is 1.72. The summed E-state index contributed by atoms with van der Waals surface area (Å²) in [6.45, 7) is 6.52. The summed E-state index contributed by atoms with van der Waals surface area (Å²) in [5.74, 6) is 1.45. The van der Waals surface area contributed by atoms with Crippen LogP contribution in [-0.2, 0) is 16.0 Å². The highest BCUT2D eigenvalue weighted by Gasteiger charge is 2.23. The molecule has 3 rings (SSSR count). The first-order valence-electron chi connectivity index (χ1n) is 8.71. The monoisotopic (exact) mass is 357 g/mol. The van der Waals surface area contributed by atoms with E-state index < -0.39 is 0 Å². The number of amides is 1. The maximum absolute atomic E-state index is 11.9. The Morgan fingerprint density at radius 2 is 2.15 bits per heavy atom. The second-order valence-corrected chi connectivity index (χ2v) is 6.29. The van der Waals surface area contributed by atoms with E-state index in [2.05, 4.69) is 22.1 Å². The number of aryl methyl sites for hydroxylation is 2. The number of rotatable bonds is 8. The maximum Gasteiger partial charge on any atom is 0.262 e. The highest BCUT2D eigenvalue weighted by molar-refractivity contribution is 5.79. The van der Waals surface area contributed by atoms with Crippen molar-refractivity contribution in [3.05, 3.63) is 53.9 Å². The average Bonchev–Trinajstić information content (AvgIpc) is 3.31. The van der Waals surface area contributed by atoms with Gasteiger partial charge >= 0.3 is 0 Å². The van der Waals surface area contributed by atoms with E-state index in [1.807, 2.05) is 31.2 Å². The van der Waals surface area contributed by atoms with Crippen molar-refractivity contribution in [1.29, 1.82) is 0 Å². The van der Waals surface area contributed by atoms with Crippen LogP contribution in [0, 0.1) is 6.92 Å². The third kappa shape index (κ3) is 5.16. The van der Waals surface area contributed by atoms with Crippen LogP contribution in [0.3, 0.4) is 0 Å². The van der Waals surface area contributed by atoms with Crippen LogP contribution >= 0.6 is 0 Å². The first-order chi connectivity index (χ1) is 12.6. The van der Waals surface area contributed by atoms with E-state index in [1.54, 1.807) is 0 Å². The Kier molecular flexibility index (Phi) is 6.01. The normalized spacial score (nSPS) is 16.4. The average molecular weight is 357 g/mol. The summed E-state index contributed by atoms with van der Waals surface area (Å²) in [4.78, 5) is 11.9. The third-order valence-corrected chi connectivity index (χ3v) is 4.04. The molecule has 2 heterocycles. The highest BCUT2D eigenvalue weighted by Crippen LogP contribution is 2.27. The zero-order valence-corrected chi connectivity index (χ0v) is 14.9. The Labute approximate surface area is 152 Å². The first kappa shape index (κ1) is 18.1. The van der Waals surface area contributed by atoms with E-state index in [-0.39, 0.29) is 18.6 Å². The van der Waals surface area contributed by atoms with E-state index in [0.29, 0.717) is 36.1 Å². The number of nitrogens with one attached hydrogen (secondary N) is 1. The predicted molar refractivity (Wildman–Crippen MR) is 94.5 cm³/mol. The van der Waals surface area contributed by atoms with Crippen molar-refractivity contribution in [2.75, 3.05) is 13.2 Å². The van der Waals surface area contributed by atoms with E-state index in [9.17, 15) is 4.79 Å². The fraction of sp³-hybridized carbons (Fsp3) is 0.421. The van der Waals surface area contributed by atoms with Gasteiger partial charge in [-0.05, 0) is 38.3 Å². The molecule has 7 heteroatoms. The Balaban J connectivity index is 1.38. The number of hydrogen-bond acceptors (Lipinski definition) is 6. The van der Waals surface area contributed by atoms with Gasteiger partial charge < -0.3 is 19.2 Å². The van der Waals surface area contributed by atoms with Crippen LogP contribution in [0.2, 0.25) is 0 Å². The number of ether oxygens (including phenoxy) is 2. The zero-order chi connectivity index (χ0) is 18.4. The molecule has 1 atom stereocenters. The minimum atomic E-state index is -0.249. The SMILES string of the molecule is C=C(CCc1nnc(C2CCCO2)o1)NC(=O)COc1ccc(C)cc1. The van der Waals surface area contributed by atoms with Crippen LogP contribution in [0.1, 0.15) is 42.7 Å². The molecule has 0 spiro atoms. The van der Waals surface area contributed by atoms with Crippen molar-refractivity contribution in [1.82, 2.24) is 15.5 Å². The van der Waals surface area contributed by atoms with Gasteiger partial charge in [0.15, 0.2) is 6.61 Å². The number of aromatic nitrogens is 2. The minimum Gasteiger partial charge on any atom is -0.484 e. The number of carbonyl (C=O) groups excluding carboxylic acids is 1. The molecule has 2 aromatic rings. The zero-order valence-electron chi connectivity index (χ0n) is 14.9. The number of nitrogens with zero attached hydrogens (tertiary/aromatic N) is 2. The van der Waals surface area contributed by atoms with E-state index in [1.165, 1.54) is 0 Å². The minimum absolute atomic E-state index is 0.0637. The van der Waals surface area contributed by atoms with Crippen molar-refractivity contribution in [3.63, 3.8) is 0 Å². The molecule has 1 saturated heterocycles. The molecule has 1 amide bonds. The Morgan fingerprint density at radius 3 is 2.88 bits per heavy atom. The van der Waals surface area contributed by atoms with E-state index >= 15 is 0 Å². The summed E-state index contributed by atoms with van der Waals surface area (Å²) in [6.07, 6.45) is 2.86. The predicted octanol–water partition coefficient (Wildman–Crippen LogP) is 2.87. The molecule has 138 valence electrons. The van der Waals surface area contributed by atoms with Gasteiger partial charge in [-0.1, -0.05) is 24.3 Å². The van der Waals surface area contributed by atoms with Crippen molar-refractivity contribution in [2.24, 2.45) is 0 Å². The van der Waals surface area contributed by atoms with Gasteiger partial charge in [-0.25, -0.2) is 0 Å². The van der Waals surface area contributed by atoms with Crippen LogP contribution in [0.25, 0.3) is 0 Å². The van der Waals surface area contributed by atoms with Gasteiger partial charge in [0, 0.05) is 18.7 Å². The topological polar surface area (TPSA) is 86.5 Å². The van der Waals surface area contributed by atoms with Crippen LogP contribution in [0.4, 0.5) is 0 Å². The van der Waals surface area contributed by atoms with Gasteiger partial charge in [-0.15, -0.1) is 10.2 Å². The summed E-state index contributed by atoms with van der Waals surface area (Å²) >= 11 is 0. The fourth-order valence-electron chi connectivity index (χ4n) is 2.61. The third-order valence-electron chi connectivity index (χ3n) is 4.04. The summed E-state index contributed by atoms with van der Waals surface area (Å²) < 4.78 is 16.6. The highest BCUT2D eigenvalue weighted by atomic mass is 16.5. The molecule has 1 aromatic heterocycles. The molecule has 1 aliphatic heterocycles. The molecular weight excluding hydrogens is 334 g/mol. The lowest BCUT2D eigenvalue weighted by atomic mass is 10.2. The van der Waals surface area contributed by atoms with Gasteiger partial charge in [0.1, 0.15) is 11.9 Å². The molecule has 1 fully saturated rings.